The lowest BCUT2D eigenvalue weighted by molar-refractivity contribution is 0.0591. The second kappa shape index (κ2) is 5.85. The summed E-state index contributed by atoms with van der Waals surface area (Å²) in [4.78, 5) is 14.9. The van der Waals surface area contributed by atoms with E-state index in [-0.39, 0.29) is 11.0 Å². The van der Waals surface area contributed by atoms with E-state index in [0.29, 0.717) is 9.13 Å². The summed E-state index contributed by atoms with van der Waals surface area (Å²) in [5, 5.41) is 0.261. The molecule has 1 heterocycles. The Labute approximate surface area is 113 Å². The molecule has 16 heavy (non-hydrogen) atoms. The van der Waals surface area contributed by atoms with E-state index in [0.717, 1.165) is 0 Å². The molecule has 1 aromatic rings. The maximum atomic E-state index is 12.7. The fourth-order valence-corrected chi connectivity index (χ4v) is 2.24. The predicted octanol–water partition coefficient (Wildman–Crippen LogP) is 3.31. The number of carbonyl (C=O) groups excluding carboxylic acids is 1. The third-order valence-corrected chi connectivity index (χ3v) is 3.24. The van der Waals surface area contributed by atoms with E-state index >= 15 is 0 Å². The number of halogens is 4. The van der Waals surface area contributed by atoms with E-state index in [4.69, 9.17) is 0 Å². The van der Waals surface area contributed by atoms with E-state index in [1.165, 1.54) is 13.2 Å². The summed E-state index contributed by atoms with van der Waals surface area (Å²) in [5.74, 6) is -0.715. The summed E-state index contributed by atoms with van der Waals surface area (Å²) in [7, 11) is 1.18. The Hall–Kier alpha value is -0.310. The topological polar surface area (TPSA) is 39.2 Å². The van der Waals surface area contributed by atoms with Crippen molar-refractivity contribution in [2.45, 2.75) is 11.8 Å². The van der Waals surface area contributed by atoms with Crippen LogP contribution >= 0.6 is 38.5 Å². The molecule has 0 aromatic carbocycles. The molecule has 0 fully saturated rings. The largest absolute Gasteiger partial charge is 0.464 e. The number of alkyl halides is 3. The van der Waals surface area contributed by atoms with Crippen molar-refractivity contribution >= 4 is 44.5 Å². The number of hydrogen-bond donors (Lipinski definition) is 0. The SMILES string of the molecule is COC(=O)c1nc(C(F)F)c(CBr)cc1I. The average Bonchev–Trinajstić information content (AvgIpc) is 2.27. The average molecular weight is 406 g/mol. The number of esters is 1. The molecule has 1 aromatic heterocycles. The minimum absolute atomic E-state index is 0.0805. The Morgan fingerprint density at radius 1 is 1.69 bits per heavy atom. The fourth-order valence-electron chi connectivity index (χ4n) is 1.08. The second-order valence-corrected chi connectivity index (χ2v) is 4.51. The summed E-state index contributed by atoms with van der Waals surface area (Å²) in [6, 6.07) is 1.50. The van der Waals surface area contributed by atoms with Crippen molar-refractivity contribution in [1.82, 2.24) is 4.98 Å². The lowest BCUT2D eigenvalue weighted by Gasteiger charge is -2.09. The van der Waals surface area contributed by atoms with Gasteiger partial charge in [0.1, 0.15) is 5.69 Å². The van der Waals surface area contributed by atoms with Gasteiger partial charge in [-0.2, -0.15) is 0 Å². The molecule has 0 aliphatic carbocycles. The van der Waals surface area contributed by atoms with Crippen molar-refractivity contribution in [3.05, 3.63) is 26.6 Å². The molecule has 0 unspecified atom stereocenters. The highest BCUT2D eigenvalue weighted by molar-refractivity contribution is 14.1. The van der Waals surface area contributed by atoms with Gasteiger partial charge < -0.3 is 4.74 Å². The Kier molecular flexibility index (Phi) is 5.03. The van der Waals surface area contributed by atoms with Crippen molar-refractivity contribution in [2.75, 3.05) is 7.11 Å². The highest BCUT2D eigenvalue weighted by Crippen LogP contribution is 2.26. The van der Waals surface area contributed by atoms with Gasteiger partial charge in [-0.25, -0.2) is 18.6 Å². The first-order valence-corrected chi connectivity index (χ1v) is 6.33. The Bertz CT molecular complexity index is 415. The zero-order valence-electron chi connectivity index (χ0n) is 8.14. The van der Waals surface area contributed by atoms with Crippen LogP contribution in [-0.2, 0) is 10.1 Å². The molecular formula is C9H7BrF2INO2. The number of methoxy groups -OCH3 is 1. The molecule has 1 rings (SSSR count). The summed E-state index contributed by atoms with van der Waals surface area (Å²) >= 11 is 4.96. The summed E-state index contributed by atoms with van der Waals surface area (Å²) in [6.07, 6.45) is -2.71. The van der Waals surface area contributed by atoms with Crippen LogP contribution in [-0.4, -0.2) is 18.1 Å². The molecule has 0 N–H and O–H groups in total. The number of carbonyl (C=O) groups is 1. The smallest absolute Gasteiger partial charge is 0.357 e. The van der Waals surface area contributed by atoms with E-state index in [1.807, 2.05) is 22.6 Å². The number of pyridine rings is 1. The third-order valence-electron chi connectivity index (χ3n) is 1.82. The van der Waals surface area contributed by atoms with Crippen molar-refractivity contribution < 1.29 is 18.3 Å². The van der Waals surface area contributed by atoms with Crippen LogP contribution in [0.2, 0.25) is 0 Å². The Balaban J connectivity index is 3.33. The molecule has 0 atom stereocenters. The summed E-state index contributed by atoms with van der Waals surface area (Å²) < 4.78 is 30.3. The van der Waals surface area contributed by atoms with Gasteiger partial charge in [0.15, 0.2) is 5.69 Å². The molecule has 7 heteroatoms. The maximum Gasteiger partial charge on any atom is 0.357 e. The zero-order chi connectivity index (χ0) is 12.3. The minimum atomic E-state index is -2.71. The van der Waals surface area contributed by atoms with Crippen LogP contribution in [0.25, 0.3) is 0 Å². The number of nitrogens with zero attached hydrogens (tertiary/aromatic N) is 1. The van der Waals surface area contributed by atoms with Crippen LogP contribution < -0.4 is 0 Å². The summed E-state index contributed by atoms with van der Waals surface area (Å²) in [6.45, 7) is 0. The molecule has 0 bridgehead atoms. The molecule has 0 amide bonds. The van der Waals surface area contributed by atoms with Crippen LogP contribution in [0.3, 0.4) is 0 Å². The van der Waals surface area contributed by atoms with Gasteiger partial charge in [0, 0.05) is 8.90 Å². The van der Waals surface area contributed by atoms with Gasteiger partial charge in [0.25, 0.3) is 6.43 Å². The van der Waals surface area contributed by atoms with Gasteiger partial charge in [-0.15, -0.1) is 0 Å². The van der Waals surface area contributed by atoms with Crippen molar-refractivity contribution in [2.24, 2.45) is 0 Å². The van der Waals surface area contributed by atoms with Crippen molar-refractivity contribution in [1.29, 1.82) is 0 Å². The van der Waals surface area contributed by atoms with Crippen LogP contribution in [0, 0.1) is 3.57 Å². The van der Waals surface area contributed by atoms with Crippen LogP contribution in [0.4, 0.5) is 8.78 Å². The fraction of sp³-hybridized carbons (Fsp3) is 0.333. The maximum absolute atomic E-state index is 12.7. The first kappa shape index (κ1) is 13.8. The first-order chi connectivity index (χ1) is 7.51. The number of ether oxygens (including phenoxy) is 1. The van der Waals surface area contributed by atoms with E-state index in [1.54, 1.807) is 0 Å². The van der Waals surface area contributed by atoms with Gasteiger partial charge in [0.05, 0.1) is 7.11 Å². The second-order valence-electron chi connectivity index (χ2n) is 2.79. The number of aromatic nitrogens is 1. The van der Waals surface area contributed by atoms with E-state index in [9.17, 15) is 13.6 Å². The van der Waals surface area contributed by atoms with Gasteiger partial charge in [-0.05, 0) is 34.2 Å². The van der Waals surface area contributed by atoms with Crippen molar-refractivity contribution in [3.63, 3.8) is 0 Å². The summed E-state index contributed by atoms with van der Waals surface area (Å²) in [5.41, 5.74) is -0.104. The van der Waals surface area contributed by atoms with Gasteiger partial charge in [-0.3, -0.25) is 0 Å². The molecule has 3 nitrogen and oxygen atoms in total. The van der Waals surface area contributed by atoms with Crippen LogP contribution in [0.1, 0.15) is 28.2 Å². The van der Waals surface area contributed by atoms with Crippen molar-refractivity contribution in [3.8, 4) is 0 Å². The van der Waals surface area contributed by atoms with Gasteiger partial charge in [-0.1, -0.05) is 15.9 Å². The van der Waals surface area contributed by atoms with E-state index in [2.05, 4.69) is 25.7 Å². The number of rotatable bonds is 3. The van der Waals surface area contributed by atoms with Gasteiger partial charge >= 0.3 is 5.97 Å². The number of hydrogen-bond acceptors (Lipinski definition) is 3. The molecule has 0 saturated carbocycles. The van der Waals surface area contributed by atoms with Crippen LogP contribution in [0.15, 0.2) is 6.07 Å². The first-order valence-electron chi connectivity index (χ1n) is 4.13. The molecule has 0 spiro atoms. The highest BCUT2D eigenvalue weighted by Gasteiger charge is 2.21. The van der Waals surface area contributed by atoms with Gasteiger partial charge in [0.2, 0.25) is 0 Å². The third kappa shape index (κ3) is 2.88. The molecule has 0 aliphatic rings. The quantitative estimate of drug-likeness (QED) is 0.440. The molecule has 0 saturated heterocycles. The van der Waals surface area contributed by atoms with Crippen LogP contribution in [0.5, 0.6) is 0 Å². The van der Waals surface area contributed by atoms with E-state index < -0.39 is 18.1 Å². The normalized spacial score (nSPS) is 10.6. The molecule has 88 valence electrons. The molecule has 0 aliphatic heterocycles. The highest BCUT2D eigenvalue weighted by atomic mass is 127. The minimum Gasteiger partial charge on any atom is -0.464 e. The zero-order valence-corrected chi connectivity index (χ0v) is 11.9. The Morgan fingerprint density at radius 3 is 2.75 bits per heavy atom. The predicted molar refractivity (Wildman–Crippen MR) is 65.9 cm³/mol. The molecule has 0 radical (unpaired) electrons. The lowest BCUT2D eigenvalue weighted by atomic mass is 10.2. The molecular weight excluding hydrogens is 399 g/mol. The Morgan fingerprint density at radius 2 is 2.31 bits per heavy atom. The standard InChI is InChI=1S/C9H7BrF2INO2/c1-16-9(15)7-5(13)2-4(3-10)6(14-7)8(11)12/h2,8H,3H2,1H3. The monoisotopic (exact) mass is 405 g/mol. The lowest BCUT2D eigenvalue weighted by Crippen LogP contribution is -2.11.